The molecule has 5 nitrogen and oxygen atoms in total. The van der Waals surface area contributed by atoms with Crippen LogP contribution in [-0.4, -0.2) is 34.4 Å². The normalized spacial score (nSPS) is 13.0. The Bertz CT molecular complexity index is 993. The molecule has 1 aromatic heterocycles. The summed E-state index contributed by atoms with van der Waals surface area (Å²) < 4.78 is 2.03. The second kappa shape index (κ2) is 9.44. The average Bonchev–Trinajstić information content (AvgIpc) is 3.32. The number of fused-ring (bicyclic) bond motifs is 1. The maximum absolute atomic E-state index is 12.5. The molecule has 2 aromatic carbocycles. The van der Waals surface area contributed by atoms with E-state index < -0.39 is 0 Å². The highest BCUT2D eigenvalue weighted by Gasteiger charge is 2.19. The van der Waals surface area contributed by atoms with Gasteiger partial charge in [0, 0.05) is 44.1 Å². The first-order chi connectivity index (χ1) is 14.7. The van der Waals surface area contributed by atoms with E-state index >= 15 is 0 Å². The number of aromatic nitrogens is 1. The Hall–Kier alpha value is -3.34. The molecule has 1 aliphatic heterocycles. The molecule has 0 unspecified atom stereocenters. The molecule has 0 saturated heterocycles. The van der Waals surface area contributed by atoms with Crippen molar-refractivity contribution in [2.24, 2.45) is 0 Å². The summed E-state index contributed by atoms with van der Waals surface area (Å²) in [5.41, 5.74) is 4.64. The Balaban J connectivity index is 1.17. The quantitative estimate of drug-likeness (QED) is 0.616. The molecule has 5 heteroatoms. The van der Waals surface area contributed by atoms with Gasteiger partial charge in [-0.05, 0) is 53.8 Å². The lowest BCUT2D eigenvalue weighted by Crippen LogP contribution is -2.36. The zero-order valence-electron chi connectivity index (χ0n) is 17.1. The van der Waals surface area contributed by atoms with E-state index in [1.807, 2.05) is 64.3 Å². The van der Waals surface area contributed by atoms with Gasteiger partial charge in [-0.2, -0.15) is 0 Å². The van der Waals surface area contributed by atoms with Gasteiger partial charge >= 0.3 is 0 Å². The molecule has 4 rings (SSSR count). The van der Waals surface area contributed by atoms with Gasteiger partial charge in [0.25, 0.3) is 0 Å². The predicted molar refractivity (Wildman–Crippen MR) is 117 cm³/mol. The van der Waals surface area contributed by atoms with E-state index in [1.165, 1.54) is 11.1 Å². The van der Waals surface area contributed by atoms with E-state index in [2.05, 4.69) is 23.5 Å². The van der Waals surface area contributed by atoms with E-state index in [1.54, 1.807) is 0 Å². The van der Waals surface area contributed by atoms with Crippen LogP contribution in [0.3, 0.4) is 0 Å². The van der Waals surface area contributed by atoms with Crippen molar-refractivity contribution in [1.82, 2.24) is 14.8 Å². The van der Waals surface area contributed by atoms with Gasteiger partial charge in [-0.1, -0.05) is 36.4 Å². The highest BCUT2D eigenvalue weighted by Crippen LogP contribution is 2.19. The number of benzene rings is 2. The SMILES string of the molecule is O=C(Cc1ccc(-n2cccc2)cc1)NCCCC(=O)N1CCc2ccccc2C1. The number of amides is 2. The van der Waals surface area contributed by atoms with E-state index in [9.17, 15) is 9.59 Å². The topological polar surface area (TPSA) is 54.3 Å². The maximum atomic E-state index is 12.5. The Morgan fingerprint density at radius 2 is 1.63 bits per heavy atom. The summed E-state index contributed by atoms with van der Waals surface area (Å²) in [6, 6.07) is 20.3. The van der Waals surface area contributed by atoms with Crippen LogP contribution in [0.25, 0.3) is 5.69 Å². The smallest absolute Gasteiger partial charge is 0.224 e. The van der Waals surface area contributed by atoms with Gasteiger partial charge in [0.05, 0.1) is 6.42 Å². The molecule has 0 spiro atoms. The highest BCUT2D eigenvalue weighted by atomic mass is 16.2. The summed E-state index contributed by atoms with van der Waals surface area (Å²) in [6.45, 7) is 2.00. The van der Waals surface area contributed by atoms with Crippen LogP contribution in [0.4, 0.5) is 0 Å². The minimum atomic E-state index is -0.0111. The number of carbonyl (C=O) groups is 2. The molecule has 1 aliphatic rings. The van der Waals surface area contributed by atoms with Gasteiger partial charge in [0.2, 0.25) is 11.8 Å². The lowest BCUT2D eigenvalue weighted by atomic mass is 9.99. The number of nitrogens with zero attached hydrogens (tertiary/aromatic N) is 2. The van der Waals surface area contributed by atoms with Crippen molar-refractivity contribution in [3.05, 3.63) is 89.7 Å². The van der Waals surface area contributed by atoms with Gasteiger partial charge in [-0.25, -0.2) is 0 Å². The fourth-order valence-electron chi connectivity index (χ4n) is 3.87. The molecule has 0 atom stereocenters. The summed E-state index contributed by atoms with van der Waals surface area (Å²) in [5, 5.41) is 2.93. The maximum Gasteiger partial charge on any atom is 0.224 e. The molecule has 0 saturated carbocycles. The third-order valence-corrected chi connectivity index (χ3v) is 5.58. The van der Waals surface area contributed by atoms with Crippen LogP contribution in [0.5, 0.6) is 0 Å². The second-order valence-electron chi connectivity index (χ2n) is 7.72. The second-order valence-corrected chi connectivity index (χ2v) is 7.72. The molecule has 2 heterocycles. The van der Waals surface area contributed by atoms with E-state index in [4.69, 9.17) is 0 Å². The Morgan fingerprint density at radius 3 is 2.40 bits per heavy atom. The molecular formula is C25H27N3O2. The largest absolute Gasteiger partial charge is 0.356 e. The van der Waals surface area contributed by atoms with Crippen LogP contribution in [0.1, 0.15) is 29.5 Å². The first-order valence-electron chi connectivity index (χ1n) is 10.5. The molecule has 0 fully saturated rings. The van der Waals surface area contributed by atoms with Gasteiger partial charge in [-0.3, -0.25) is 9.59 Å². The monoisotopic (exact) mass is 401 g/mol. The van der Waals surface area contributed by atoms with Gasteiger partial charge in [-0.15, -0.1) is 0 Å². The molecule has 0 aliphatic carbocycles. The van der Waals surface area contributed by atoms with Crippen molar-refractivity contribution in [2.75, 3.05) is 13.1 Å². The summed E-state index contributed by atoms with van der Waals surface area (Å²) in [7, 11) is 0. The van der Waals surface area contributed by atoms with Crippen molar-refractivity contribution in [2.45, 2.75) is 32.2 Å². The van der Waals surface area contributed by atoms with Crippen molar-refractivity contribution < 1.29 is 9.59 Å². The van der Waals surface area contributed by atoms with Gasteiger partial charge < -0.3 is 14.8 Å². The minimum Gasteiger partial charge on any atom is -0.356 e. The number of hydrogen-bond donors (Lipinski definition) is 1. The molecule has 3 aromatic rings. The van der Waals surface area contributed by atoms with Gasteiger partial charge in [0.15, 0.2) is 0 Å². The van der Waals surface area contributed by atoms with Gasteiger partial charge in [0.1, 0.15) is 0 Å². The van der Waals surface area contributed by atoms with Crippen molar-refractivity contribution in [3.8, 4) is 5.69 Å². The highest BCUT2D eigenvalue weighted by molar-refractivity contribution is 5.79. The predicted octanol–water partition coefficient (Wildman–Crippen LogP) is 3.50. The zero-order valence-corrected chi connectivity index (χ0v) is 17.1. The van der Waals surface area contributed by atoms with Crippen LogP contribution >= 0.6 is 0 Å². The lowest BCUT2D eigenvalue weighted by molar-refractivity contribution is -0.132. The Kier molecular flexibility index (Phi) is 6.28. The van der Waals surface area contributed by atoms with Crippen molar-refractivity contribution in [3.63, 3.8) is 0 Å². The zero-order chi connectivity index (χ0) is 20.8. The number of hydrogen-bond acceptors (Lipinski definition) is 2. The van der Waals surface area contributed by atoms with E-state index in [0.29, 0.717) is 32.4 Å². The molecule has 0 radical (unpaired) electrons. The lowest BCUT2D eigenvalue weighted by Gasteiger charge is -2.29. The van der Waals surface area contributed by atoms with Crippen LogP contribution in [-0.2, 0) is 29.0 Å². The summed E-state index contributed by atoms with van der Waals surface area (Å²) >= 11 is 0. The van der Waals surface area contributed by atoms with E-state index in [0.717, 1.165) is 24.2 Å². The first kappa shape index (κ1) is 20.0. The third-order valence-electron chi connectivity index (χ3n) is 5.58. The molecule has 154 valence electrons. The fourth-order valence-corrected chi connectivity index (χ4v) is 3.87. The minimum absolute atomic E-state index is 0.0111. The number of carbonyl (C=O) groups excluding carboxylic acids is 2. The first-order valence-corrected chi connectivity index (χ1v) is 10.5. The summed E-state index contributed by atoms with van der Waals surface area (Å²) in [5.74, 6) is 0.155. The van der Waals surface area contributed by atoms with Crippen molar-refractivity contribution >= 4 is 11.8 Å². The van der Waals surface area contributed by atoms with Crippen LogP contribution in [0.2, 0.25) is 0 Å². The summed E-state index contributed by atoms with van der Waals surface area (Å²) in [4.78, 5) is 26.6. The molecular weight excluding hydrogens is 374 g/mol. The van der Waals surface area contributed by atoms with Crippen LogP contribution in [0, 0.1) is 0 Å². The Labute approximate surface area is 177 Å². The fraction of sp³-hybridized carbons (Fsp3) is 0.280. The van der Waals surface area contributed by atoms with Crippen LogP contribution in [0.15, 0.2) is 73.1 Å². The third kappa shape index (κ3) is 4.98. The molecule has 1 N–H and O–H groups in total. The molecule has 0 bridgehead atoms. The summed E-state index contributed by atoms with van der Waals surface area (Å²) in [6.07, 6.45) is 6.38. The number of rotatable bonds is 7. The standard InChI is InChI=1S/C25H27N3O2/c29-24(18-20-9-11-23(12-10-20)27-15-3-4-16-27)26-14-5-8-25(30)28-17-13-21-6-1-2-7-22(21)19-28/h1-4,6-7,9-12,15-16H,5,8,13-14,17-19H2,(H,26,29). The van der Waals surface area contributed by atoms with Crippen molar-refractivity contribution in [1.29, 1.82) is 0 Å². The van der Waals surface area contributed by atoms with E-state index in [-0.39, 0.29) is 11.8 Å². The molecule has 2 amide bonds. The average molecular weight is 402 g/mol. The van der Waals surface area contributed by atoms with Crippen LogP contribution < -0.4 is 5.32 Å². The molecule has 30 heavy (non-hydrogen) atoms. The number of nitrogens with one attached hydrogen (secondary N) is 1. The Morgan fingerprint density at radius 1 is 0.900 bits per heavy atom.